The maximum atomic E-state index is 3.70. The Balaban J connectivity index is 1.35. The van der Waals surface area contributed by atoms with Crippen molar-refractivity contribution in [3.8, 4) is 0 Å². The lowest BCUT2D eigenvalue weighted by Crippen LogP contribution is -2.37. The zero-order chi connectivity index (χ0) is 17.8. The van der Waals surface area contributed by atoms with Gasteiger partial charge in [0, 0.05) is 34.6 Å². The molecule has 2 heterocycles. The van der Waals surface area contributed by atoms with Gasteiger partial charge in [0.1, 0.15) is 0 Å². The van der Waals surface area contributed by atoms with Crippen molar-refractivity contribution in [1.29, 1.82) is 0 Å². The van der Waals surface area contributed by atoms with E-state index in [1.54, 1.807) is 0 Å². The Labute approximate surface area is 163 Å². The summed E-state index contributed by atoms with van der Waals surface area (Å²) < 4.78 is 1.14. The second-order valence-corrected chi connectivity index (χ2v) is 7.96. The molecule has 0 fully saturated rings. The first-order valence-corrected chi connectivity index (χ1v) is 10.3. The van der Waals surface area contributed by atoms with Crippen LogP contribution < -0.4 is 5.32 Å². The van der Waals surface area contributed by atoms with Gasteiger partial charge in [-0.3, -0.25) is 0 Å². The minimum absolute atomic E-state index is 0.494. The maximum Gasteiger partial charge on any atom is 0.0601 e. The molecule has 0 amide bonds. The van der Waals surface area contributed by atoms with Gasteiger partial charge < -0.3 is 10.3 Å². The Hall–Kier alpha value is -1.84. The van der Waals surface area contributed by atoms with E-state index in [-0.39, 0.29) is 0 Å². The van der Waals surface area contributed by atoms with Crippen molar-refractivity contribution < 1.29 is 0 Å². The Morgan fingerprint density at radius 2 is 1.88 bits per heavy atom. The molecule has 1 aliphatic rings. The highest BCUT2D eigenvalue weighted by atomic mass is 79.9. The molecule has 2 unspecified atom stereocenters. The molecule has 0 saturated heterocycles. The van der Waals surface area contributed by atoms with Gasteiger partial charge in [-0.25, -0.2) is 0 Å². The number of aryl methyl sites for hydroxylation is 1. The van der Waals surface area contributed by atoms with E-state index < -0.39 is 0 Å². The van der Waals surface area contributed by atoms with Crippen molar-refractivity contribution in [2.75, 3.05) is 6.54 Å². The van der Waals surface area contributed by atoms with E-state index in [2.05, 4.69) is 93.1 Å². The van der Waals surface area contributed by atoms with Crippen LogP contribution in [0.3, 0.4) is 0 Å². The number of H-pyrrole nitrogens is 1. The topological polar surface area (TPSA) is 27.8 Å². The number of rotatable bonds is 6. The highest BCUT2D eigenvalue weighted by Crippen LogP contribution is 2.28. The number of halogens is 1. The molecule has 2 N–H and O–H groups in total. The summed E-state index contributed by atoms with van der Waals surface area (Å²) in [6.45, 7) is 0.991. The number of aromatic nitrogens is 1. The molecule has 0 aliphatic carbocycles. The van der Waals surface area contributed by atoms with Gasteiger partial charge in [-0.2, -0.15) is 0 Å². The summed E-state index contributed by atoms with van der Waals surface area (Å²) in [5.41, 5.74) is 4.06. The monoisotopic (exact) mass is 408 g/mol. The van der Waals surface area contributed by atoms with Gasteiger partial charge in [-0.05, 0) is 52.4 Å². The average Bonchev–Trinajstić information content (AvgIpc) is 3.11. The van der Waals surface area contributed by atoms with Gasteiger partial charge in [0.2, 0.25) is 0 Å². The predicted molar refractivity (Wildman–Crippen MR) is 114 cm³/mol. The second-order valence-electron chi connectivity index (χ2n) is 7.10. The zero-order valence-corrected chi connectivity index (χ0v) is 16.5. The van der Waals surface area contributed by atoms with Crippen molar-refractivity contribution >= 4 is 26.8 Å². The molecule has 3 heteroatoms. The van der Waals surface area contributed by atoms with Crippen LogP contribution in [0.4, 0.5) is 0 Å². The third-order valence-corrected chi connectivity index (χ3v) is 6.08. The van der Waals surface area contributed by atoms with Crippen LogP contribution in [0.5, 0.6) is 0 Å². The molecule has 26 heavy (non-hydrogen) atoms. The van der Waals surface area contributed by atoms with Crippen LogP contribution in [0.2, 0.25) is 0 Å². The van der Waals surface area contributed by atoms with Crippen LogP contribution in [0.25, 0.3) is 10.9 Å². The quantitative estimate of drug-likeness (QED) is 0.382. The number of para-hydroxylation sites is 1. The minimum Gasteiger partial charge on any atom is -0.360 e. The predicted octanol–water partition coefficient (Wildman–Crippen LogP) is 5.96. The molecule has 2 aromatic carbocycles. The summed E-state index contributed by atoms with van der Waals surface area (Å²) in [4.78, 5) is 3.41. The van der Waals surface area contributed by atoms with E-state index in [0.29, 0.717) is 12.0 Å². The van der Waals surface area contributed by atoms with Crippen molar-refractivity contribution in [3.63, 3.8) is 0 Å². The van der Waals surface area contributed by atoms with Crippen LogP contribution in [-0.2, 0) is 6.42 Å². The normalized spacial score (nSPS) is 19.9. The molecule has 1 aromatic heterocycles. The van der Waals surface area contributed by atoms with Crippen LogP contribution in [0, 0.1) is 0 Å². The largest absolute Gasteiger partial charge is 0.360 e. The molecule has 0 radical (unpaired) electrons. The molecule has 134 valence electrons. The van der Waals surface area contributed by atoms with E-state index in [0.717, 1.165) is 17.4 Å². The van der Waals surface area contributed by atoms with Crippen LogP contribution in [0.1, 0.15) is 36.3 Å². The molecule has 4 rings (SSSR count). The molecule has 0 saturated carbocycles. The molecule has 2 atom stereocenters. The van der Waals surface area contributed by atoms with Gasteiger partial charge in [0.25, 0.3) is 0 Å². The Kier molecular flexibility index (Phi) is 5.57. The summed E-state index contributed by atoms with van der Waals surface area (Å²) in [7, 11) is 0. The fraction of sp³-hybridized carbons (Fsp3) is 0.304. The van der Waals surface area contributed by atoms with Gasteiger partial charge in [0.05, 0.1) is 5.52 Å². The second kappa shape index (κ2) is 8.24. The van der Waals surface area contributed by atoms with E-state index in [4.69, 9.17) is 0 Å². The molecule has 0 spiro atoms. The highest BCUT2D eigenvalue weighted by Gasteiger charge is 2.22. The Bertz CT molecular complexity index is 882. The molecular weight excluding hydrogens is 384 g/mol. The lowest BCUT2D eigenvalue weighted by atomic mass is 9.86. The summed E-state index contributed by atoms with van der Waals surface area (Å²) >= 11 is 3.63. The minimum atomic E-state index is 0.494. The van der Waals surface area contributed by atoms with E-state index in [9.17, 15) is 0 Å². The standard InChI is InChI=1S/C23H25BrN2/c24-21-13-6-11-20-18(16-26-23(20)21)10-4-5-14-22-19(12-7-15-25-22)17-8-2-1-3-9-17/h1-3,6-9,11-13,16,19,22,25-26H,4-5,10,14-15H2. The summed E-state index contributed by atoms with van der Waals surface area (Å²) in [6.07, 6.45) is 11.6. The van der Waals surface area contributed by atoms with E-state index >= 15 is 0 Å². The number of fused-ring (bicyclic) bond motifs is 1. The Morgan fingerprint density at radius 1 is 1.00 bits per heavy atom. The summed E-state index contributed by atoms with van der Waals surface area (Å²) in [5.74, 6) is 0.494. The number of benzene rings is 2. The molecular formula is C23H25BrN2. The van der Waals surface area contributed by atoms with Gasteiger partial charge in [-0.1, -0.05) is 61.0 Å². The zero-order valence-electron chi connectivity index (χ0n) is 14.9. The van der Waals surface area contributed by atoms with Gasteiger partial charge in [-0.15, -0.1) is 0 Å². The van der Waals surface area contributed by atoms with E-state index in [1.165, 1.54) is 41.3 Å². The first-order valence-electron chi connectivity index (χ1n) is 9.52. The third kappa shape index (κ3) is 3.79. The third-order valence-electron chi connectivity index (χ3n) is 5.42. The number of nitrogens with one attached hydrogen (secondary N) is 2. The first-order chi connectivity index (χ1) is 12.8. The van der Waals surface area contributed by atoms with Gasteiger partial charge >= 0.3 is 0 Å². The molecule has 1 aliphatic heterocycles. The fourth-order valence-corrected chi connectivity index (χ4v) is 4.54. The van der Waals surface area contributed by atoms with Crippen molar-refractivity contribution in [2.45, 2.75) is 37.6 Å². The van der Waals surface area contributed by atoms with Crippen LogP contribution in [-0.4, -0.2) is 17.6 Å². The Morgan fingerprint density at radius 3 is 2.77 bits per heavy atom. The fourth-order valence-electron chi connectivity index (χ4n) is 4.06. The molecule has 3 aromatic rings. The average molecular weight is 409 g/mol. The SMILES string of the molecule is Brc1cccc2c(CCCCC3NCC=CC3c3ccccc3)c[nH]c12. The van der Waals surface area contributed by atoms with Crippen molar-refractivity contribution in [1.82, 2.24) is 10.3 Å². The number of hydrogen-bond acceptors (Lipinski definition) is 1. The molecule has 0 bridgehead atoms. The number of aromatic amines is 1. The lowest BCUT2D eigenvalue weighted by Gasteiger charge is -2.29. The lowest BCUT2D eigenvalue weighted by molar-refractivity contribution is 0.432. The van der Waals surface area contributed by atoms with Crippen LogP contribution in [0.15, 0.2) is 71.4 Å². The molecule has 2 nitrogen and oxygen atoms in total. The highest BCUT2D eigenvalue weighted by molar-refractivity contribution is 9.10. The van der Waals surface area contributed by atoms with Gasteiger partial charge in [0.15, 0.2) is 0 Å². The van der Waals surface area contributed by atoms with Crippen LogP contribution >= 0.6 is 15.9 Å². The van der Waals surface area contributed by atoms with Crippen molar-refractivity contribution in [2.24, 2.45) is 0 Å². The summed E-state index contributed by atoms with van der Waals surface area (Å²) in [6, 6.07) is 17.8. The maximum absolute atomic E-state index is 3.70. The van der Waals surface area contributed by atoms with Crippen molar-refractivity contribution in [3.05, 3.63) is 82.5 Å². The number of hydrogen-bond donors (Lipinski definition) is 2. The smallest absolute Gasteiger partial charge is 0.0601 e. The van der Waals surface area contributed by atoms with E-state index in [1.807, 2.05) is 0 Å². The number of unbranched alkanes of at least 4 members (excludes halogenated alkanes) is 1. The first kappa shape index (κ1) is 17.6. The summed E-state index contributed by atoms with van der Waals surface area (Å²) in [5, 5.41) is 5.05.